The number of nitrogens with one attached hydrogen (secondary N) is 2. The average Bonchev–Trinajstić information content (AvgIpc) is 3.01. The van der Waals surface area contributed by atoms with Crippen LogP contribution in [0.15, 0.2) is 36.9 Å². The van der Waals surface area contributed by atoms with Crippen molar-refractivity contribution < 1.29 is 4.79 Å². The molecule has 1 aromatic carbocycles. The quantitative estimate of drug-likeness (QED) is 0.738. The van der Waals surface area contributed by atoms with Crippen molar-refractivity contribution in [2.75, 3.05) is 19.6 Å². The minimum absolute atomic E-state index is 0.0616. The van der Waals surface area contributed by atoms with E-state index in [-0.39, 0.29) is 5.91 Å². The fraction of sp³-hybridized carbons (Fsp3) is 0.357. The lowest BCUT2D eigenvalue weighted by Crippen LogP contribution is -2.32. The van der Waals surface area contributed by atoms with Crippen LogP contribution in [-0.4, -0.2) is 40.3 Å². The second-order valence-electron chi connectivity index (χ2n) is 4.39. The molecule has 6 nitrogen and oxygen atoms in total. The highest BCUT2D eigenvalue weighted by Gasteiger charge is 2.05. The van der Waals surface area contributed by atoms with Crippen LogP contribution in [0.1, 0.15) is 23.7 Å². The van der Waals surface area contributed by atoms with E-state index in [1.165, 1.54) is 6.33 Å². The first kappa shape index (κ1) is 14.2. The first-order valence-corrected chi connectivity index (χ1v) is 6.75. The van der Waals surface area contributed by atoms with E-state index in [4.69, 9.17) is 0 Å². The molecule has 2 rings (SSSR count). The summed E-state index contributed by atoms with van der Waals surface area (Å²) in [5, 5.41) is 10.1. The van der Waals surface area contributed by atoms with Crippen molar-refractivity contribution in [3.63, 3.8) is 0 Å². The van der Waals surface area contributed by atoms with Crippen LogP contribution in [0.3, 0.4) is 0 Å². The van der Waals surface area contributed by atoms with Crippen molar-refractivity contribution in [3.05, 3.63) is 42.5 Å². The Morgan fingerprint density at radius 2 is 2.00 bits per heavy atom. The van der Waals surface area contributed by atoms with E-state index >= 15 is 0 Å². The third kappa shape index (κ3) is 3.89. The van der Waals surface area contributed by atoms with Crippen LogP contribution in [0.2, 0.25) is 0 Å². The largest absolute Gasteiger partial charge is 0.351 e. The van der Waals surface area contributed by atoms with Crippen LogP contribution in [0.25, 0.3) is 5.69 Å². The third-order valence-corrected chi connectivity index (χ3v) is 2.83. The number of nitrogens with zero attached hydrogens (tertiary/aromatic N) is 3. The summed E-state index contributed by atoms with van der Waals surface area (Å²) in [4.78, 5) is 15.8. The van der Waals surface area contributed by atoms with Crippen molar-refractivity contribution in [2.45, 2.75) is 13.3 Å². The maximum atomic E-state index is 11.9. The van der Waals surface area contributed by atoms with Crippen LogP contribution < -0.4 is 10.6 Å². The smallest absolute Gasteiger partial charge is 0.251 e. The van der Waals surface area contributed by atoms with Gasteiger partial charge in [0.2, 0.25) is 0 Å². The highest BCUT2D eigenvalue weighted by Crippen LogP contribution is 2.07. The number of amides is 1. The molecule has 1 heterocycles. The average molecular weight is 273 g/mol. The predicted molar refractivity (Wildman–Crippen MR) is 76.9 cm³/mol. The molecule has 0 aliphatic carbocycles. The Kier molecular flexibility index (Phi) is 5.25. The molecule has 1 aromatic heterocycles. The maximum Gasteiger partial charge on any atom is 0.251 e. The van der Waals surface area contributed by atoms with Gasteiger partial charge >= 0.3 is 0 Å². The van der Waals surface area contributed by atoms with E-state index in [1.54, 1.807) is 23.1 Å². The zero-order chi connectivity index (χ0) is 14.2. The fourth-order valence-electron chi connectivity index (χ4n) is 1.78. The van der Waals surface area contributed by atoms with Crippen molar-refractivity contribution in [3.8, 4) is 5.69 Å². The van der Waals surface area contributed by atoms with Gasteiger partial charge in [0, 0.05) is 18.7 Å². The normalized spacial score (nSPS) is 10.4. The number of carbonyl (C=O) groups excluding carboxylic acids is 1. The predicted octanol–water partition coefficient (Wildman–Crippen LogP) is 0.997. The van der Waals surface area contributed by atoms with E-state index in [0.29, 0.717) is 12.1 Å². The molecule has 0 aliphatic rings. The zero-order valence-corrected chi connectivity index (χ0v) is 11.5. The fourth-order valence-corrected chi connectivity index (χ4v) is 1.78. The van der Waals surface area contributed by atoms with Gasteiger partial charge in [0.1, 0.15) is 12.7 Å². The lowest BCUT2D eigenvalue weighted by atomic mass is 10.2. The van der Waals surface area contributed by atoms with Crippen LogP contribution >= 0.6 is 0 Å². The highest BCUT2D eigenvalue weighted by molar-refractivity contribution is 5.94. The van der Waals surface area contributed by atoms with Gasteiger partial charge in [0.25, 0.3) is 5.91 Å². The van der Waals surface area contributed by atoms with E-state index in [0.717, 1.165) is 25.2 Å². The lowest BCUT2D eigenvalue weighted by molar-refractivity contribution is 0.0954. The van der Waals surface area contributed by atoms with Crippen molar-refractivity contribution >= 4 is 5.91 Å². The van der Waals surface area contributed by atoms with Gasteiger partial charge in [-0.2, -0.15) is 5.10 Å². The molecular weight excluding hydrogens is 254 g/mol. The number of hydrogen-bond donors (Lipinski definition) is 2. The summed E-state index contributed by atoms with van der Waals surface area (Å²) in [6.45, 7) is 4.50. The van der Waals surface area contributed by atoms with E-state index in [9.17, 15) is 4.79 Å². The minimum Gasteiger partial charge on any atom is -0.351 e. The molecule has 106 valence electrons. The molecule has 0 aliphatic heterocycles. The van der Waals surface area contributed by atoms with Crippen LogP contribution in [-0.2, 0) is 0 Å². The molecule has 0 saturated carbocycles. The molecule has 0 saturated heterocycles. The van der Waals surface area contributed by atoms with Gasteiger partial charge < -0.3 is 10.6 Å². The van der Waals surface area contributed by atoms with Crippen molar-refractivity contribution in [1.29, 1.82) is 0 Å². The molecule has 2 aromatic rings. The second kappa shape index (κ2) is 7.40. The van der Waals surface area contributed by atoms with E-state index < -0.39 is 0 Å². The van der Waals surface area contributed by atoms with Crippen molar-refractivity contribution in [2.24, 2.45) is 0 Å². The minimum atomic E-state index is -0.0616. The first-order chi connectivity index (χ1) is 9.81. The van der Waals surface area contributed by atoms with Crippen molar-refractivity contribution in [1.82, 2.24) is 25.4 Å². The van der Waals surface area contributed by atoms with Gasteiger partial charge in [-0.25, -0.2) is 9.67 Å². The SMILES string of the molecule is CCCNCCNC(=O)c1ccc(-n2cncn2)cc1. The van der Waals surface area contributed by atoms with Crippen LogP contribution in [0.5, 0.6) is 0 Å². The molecule has 2 N–H and O–H groups in total. The molecule has 0 unspecified atom stereocenters. The highest BCUT2D eigenvalue weighted by atomic mass is 16.1. The topological polar surface area (TPSA) is 71.8 Å². The van der Waals surface area contributed by atoms with Gasteiger partial charge in [0.15, 0.2) is 0 Å². The Labute approximate surface area is 118 Å². The number of benzene rings is 1. The second-order valence-corrected chi connectivity index (χ2v) is 4.39. The zero-order valence-electron chi connectivity index (χ0n) is 11.5. The van der Waals surface area contributed by atoms with Gasteiger partial charge in [-0.05, 0) is 37.2 Å². The van der Waals surface area contributed by atoms with E-state index in [2.05, 4.69) is 27.6 Å². The molecular formula is C14H19N5O. The van der Waals surface area contributed by atoms with Gasteiger partial charge in [0.05, 0.1) is 5.69 Å². The summed E-state index contributed by atoms with van der Waals surface area (Å²) in [5.74, 6) is -0.0616. The molecule has 0 spiro atoms. The standard InChI is InChI=1S/C14H19N5O/c1-2-7-15-8-9-17-14(20)12-3-5-13(6-4-12)19-11-16-10-18-19/h3-6,10-11,15H,2,7-9H2,1H3,(H,17,20). The molecule has 6 heteroatoms. The summed E-state index contributed by atoms with van der Waals surface area (Å²) in [7, 11) is 0. The maximum absolute atomic E-state index is 11.9. The molecule has 0 bridgehead atoms. The lowest BCUT2D eigenvalue weighted by Gasteiger charge is -2.07. The molecule has 0 radical (unpaired) electrons. The Hall–Kier alpha value is -2.21. The third-order valence-electron chi connectivity index (χ3n) is 2.83. The van der Waals surface area contributed by atoms with Gasteiger partial charge in [-0.1, -0.05) is 6.92 Å². The number of aromatic nitrogens is 3. The Morgan fingerprint density at radius 3 is 2.65 bits per heavy atom. The van der Waals surface area contributed by atoms with Gasteiger partial charge in [-0.15, -0.1) is 0 Å². The summed E-state index contributed by atoms with van der Waals surface area (Å²) >= 11 is 0. The summed E-state index contributed by atoms with van der Waals surface area (Å²) in [6.07, 6.45) is 4.19. The number of hydrogen-bond acceptors (Lipinski definition) is 4. The Bertz CT molecular complexity index is 521. The number of carbonyl (C=O) groups is 1. The monoisotopic (exact) mass is 273 g/mol. The first-order valence-electron chi connectivity index (χ1n) is 6.75. The summed E-state index contributed by atoms with van der Waals surface area (Å²) in [6, 6.07) is 7.26. The summed E-state index contributed by atoms with van der Waals surface area (Å²) < 4.78 is 1.65. The molecule has 1 amide bonds. The Balaban J connectivity index is 1.85. The molecule has 20 heavy (non-hydrogen) atoms. The van der Waals surface area contributed by atoms with Gasteiger partial charge in [-0.3, -0.25) is 4.79 Å². The van der Waals surface area contributed by atoms with Crippen LogP contribution in [0.4, 0.5) is 0 Å². The molecule has 0 fully saturated rings. The van der Waals surface area contributed by atoms with Crippen LogP contribution in [0, 0.1) is 0 Å². The summed E-state index contributed by atoms with van der Waals surface area (Å²) in [5.41, 5.74) is 1.52. The number of rotatable bonds is 7. The van der Waals surface area contributed by atoms with E-state index in [1.807, 2.05) is 12.1 Å². The molecule has 0 atom stereocenters. The Morgan fingerprint density at radius 1 is 1.20 bits per heavy atom.